The number of esters is 1. The van der Waals surface area contributed by atoms with Crippen molar-refractivity contribution in [2.24, 2.45) is 7.05 Å². The molecule has 118 valence electrons. The maximum atomic E-state index is 11.5. The first-order chi connectivity index (χ1) is 10.7. The molecule has 0 fully saturated rings. The Morgan fingerprint density at radius 3 is 2.95 bits per heavy atom. The van der Waals surface area contributed by atoms with Gasteiger partial charge in [-0.15, -0.1) is 16.8 Å². The molecule has 0 spiro atoms. The Hall–Kier alpha value is -2.02. The summed E-state index contributed by atoms with van der Waals surface area (Å²) in [5, 5.41) is 9.15. The minimum absolute atomic E-state index is 0.229. The van der Waals surface area contributed by atoms with Crippen molar-refractivity contribution in [3.05, 3.63) is 42.5 Å². The summed E-state index contributed by atoms with van der Waals surface area (Å²) in [5.74, 6) is 0.838. The van der Waals surface area contributed by atoms with Gasteiger partial charge in [-0.05, 0) is 19.1 Å². The van der Waals surface area contributed by atoms with Crippen molar-refractivity contribution in [3.63, 3.8) is 0 Å². The number of nitrogens with zero attached hydrogens (tertiary/aromatic N) is 4. The Balaban J connectivity index is 2.12. The number of thioether (sulfide) groups is 1. The monoisotopic (exact) mass is 320 g/mol. The van der Waals surface area contributed by atoms with Crippen LogP contribution in [0.3, 0.4) is 0 Å². The minimum atomic E-state index is -0.246. The van der Waals surface area contributed by atoms with Gasteiger partial charge in [0.15, 0.2) is 5.16 Å². The number of carbonyl (C=O) groups is 1. The standard InChI is InChI=1S/C15H20N4O2S/c1-4-8-19-13(10-12-7-6-9-18(12)3)16-17-15(19)22-11-14(20)21-5-2/h4,6-7,9H,1,5,8,10-11H2,2-3H3. The lowest BCUT2D eigenvalue weighted by molar-refractivity contribution is -0.139. The maximum Gasteiger partial charge on any atom is 0.316 e. The first kappa shape index (κ1) is 16.4. The summed E-state index contributed by atoms with van der Waals surface area (Å²) in [6.07, 6.45) is 4.48. The molecule has 0 aliphatic rings. The van der Waals surface area contributed by atoms with Crippen LogP contribution in [0.2, 0.25) is 0 Å². The molecule has 0 unspecified atom stereocenters. The zero-order valence-corrected chi connectivity index (χ0v) is 13.7. The molecule has 0 bridgehead atoms. The van der Waals surface area contributed by atoms with Gasteiger partial charge in [0.25, 0.3) is 0 Å². The summed E-state index contributed by atoms with van der Waals surface area (Å²) in [6, 6.07) is 4.05. The molecule has 0 aliphatic heterocycles. The van der Waals surface area contributed by atoms with Crippen molar-refractivity contribution >= 4 is 17.7 Å². The van der Waals surface area contributed by atoms with Crippen molar-refractivity contribution in [1.82, 2.24) is 19.3 Å². The number of aryl methyl sites for hydroxylation is 1. The summed E-state index contributed by atoms with van der Waals surface area (Å²) in [7, 11) is 2.00. The molecule has 2 rings (SSSR count). The average Bonchev–Trinajstić information content (AvgIpc) is 3.06. The van der Waals surface area contributed by atoms with Crippen LogP contribution in [0.25, 0.3) is 0 Å². The highest BCUT2D eigenvalue weighted by Crippen LogP contribution is 2.19. The van der Waals surface area contributed by atoms with E-state index in [0.717, 1.165) is 11.5 Å². The molecule has 0 aliphatic carbocycles. The van der Waals surface area contributed by atoms with Crippen molar-refractivity contribution < 1.29 is 9.53 Å². The van der Waals surface area contributed by atoms with Crippen LogP contribution in [-0.2, 0) is 29.5 Å². The molecule has 2 aromatic heterocycles. The SMILES string of the molecule is C=CCn1c(Cc2cccn2C)nnc1SCC(=O)OCC. The summed E-state index contributed by atoms with van der Waals surface area (Å²) in [6.45, 7) is 6.56. The van der Waals surface area contributed by atoms with Crippen LogP contribution in [0.15, 0.2) is 36.1 Å². The fourth-order valence-corrected chi connectivity index (χ4v) is 2.80. The van der Waals surface area contributed by atoms with Crippen molar-refractivity contribution in [2.45, 2.75) is 25.0 Å². The van der Waals surface area contributed by atoms with E-state index < -0.39 is 0 Å². The first-order valence-electron chi connectivity index (χ1n) is 7.07. The van der Waals surface area contributed by atoms with E-state index >= 15 is 0 Å². The highest BCUT2D eigenvalue weighted by atomic mass is 32.2. The molecule has 2 heterocycles. The van der Waals surface area contributed by atoms with Crippen LogP contribution in [0.5, 0.6) is 0 Å². The number of rotatable bonds is 8. The van der Waals surface area contributed by atoms with Gasteiger partial charge in [0, 0.05) is 31.9 Å². The Labute approximate surface area is 134 Å². The second kappa shape index (κ2) is 7.84. The normalized spacial score (nSPS) is 10.6. The van der Waals surface area contributed by atoms with Crippen molar-refractivity contribution in [1.29, 1.82) is 0 Å². The minimum Gasteiger partial charge on any atom is -0.465 e. The fourth-order valence-electron chi connectivity index (χ4n) is 2.04. The van der Waals surface area contributed by atoms with Crippen LogP contribution < -0.4 is 0 Å². The molecule has 0 amide bonds. The maximum absolute atomic E-state index is 11.5. The number of hydrogen-bond acceptors (Lipinski definition) is 5. The van der Waals surface area contributed by atoms with E-state index in [-0.39, 0.29) is 11.7 Å². The lowest BCUT2D eigenvalue weighted by atomic mass is 10.3. The van der Waals surface area contributed by atoms with E-state index in [1.165, 1.54) is 11.8 Å². The van der Waals surface area contributed by atoms with Gasteiger partial charge in [-0.2, -0.15) is 0 Å². The van der Waals surface area contributed by atoms with Gasteiger partial charge in [-0.25, -0.2) is 0 Å². The molecule has 0 N–H and O–H groups in total. The summed E-state index contributed by atoms with van der Waals surface area (Å²) in [4.78, 5) is 11.5. The molecular weight excluding hydrogens is 300 g/mol. The van der Waals surface area contributed by atoms with Gasteiger partial charge >= 0.3 is 5.97 Å². The molecule has 7 heteroatoms. The van der Waals surface area contributed by atoms with E-state index in [2.05, 4.69) is 27.4 Å². The zero-order chi connectivity index (χ0) is 15.9. The Morgan fingerprint density at radius 1 is 1.50 bits per heavy atom. The summed E-state index contributed by atoms with van der Waals surface area (Å²) in [5.41, 5.74) is 1.15. The quantitative estimate of drug-likeness (QED) is 0.423. The predicted octanol–water partition coefficient (Wildman–Crippen LogP) is 2.05. The van der Waals surface area contributed by atoms with Gasteiger partial charge in [0.2, 0.25) is 0 Å². The fraction of sp³-hybridized carbons (Fsp3) is 0.400. The molecule has 0 atom stereocenters. The number of carbonyl (C=O) groups excluding carboxylic acids is 1. The van der Waals surface area contributed by atoms with Gasteiger partial charge in [-0.3, -0.25) is 4.79 Å². The smallest absolute Gasteiger partial charge is 0.316 e. The van der Waals surface area contributed by atoms with Crippen LogP contribution in [0, 0.1) is 0 Å². The van der Waals surface area contributed by atoms with Gasteiger partial charge in [0.05, 0.1) is 12.4 Å². The summed E-state index contributed by atoms with van der Waals surface area (Å²) < 4.78 is 8.96. The Kier molecular flexibility index (Phi) is 5.83. The third-order valence-electron chi connectivity index (χ3n) is 3.12. The Bertz CT molecular complexity index is 648. The lowest BCUT2D eigenvalue weighted by Crippen LogP contribution is -2.09. The van der Waals surface area contributed by atoms with Crippen molar-refractivity contribution in [3.8, 4) is 0 Å². The molecule has 0 aromatic carbocycles. The number of hydrogen-bond donors (Lipinski definition) is 0. The molecular formula is C15H20N4O2S. The topological polar surface area (TPSA) is 61.9 Å². The van der Waals surface area contributed by atoms with Crippen LogP contribution in [-0.4, -0.2) is 37.7 Å². The number of aromatic nitrogens is 4. The zero-order valence-electron chi connectivity index (χ0n) is 12.9. The first-order valence-corrected chi connectivity index (χ1v) is 8.05. The van der Waals surface area contributed by atoms with E-state index in [1.54, 1.807) is 13.0 Å². The largest absolute Gasteiger partial charge is 0.465 e. The van der Waals surface area contributed by atoms with E-state index in [4.69, 9.17) is 4.74 Å². The summed E-state index contributed by atoms with van der Waals surface area (Å²) >= 11 is 1.33. The van der Waals surface area contributed by atoms with Crippen molar-refractivity contribution in [2.75, 3.05) is 12.4 Å². The molecule has 0 radical (unpaired) electrons. The van der Waals surface area contributed by atoms with Crippen LogP contribution >= 0.6 is 11.8 Å². The molecule has 0 saturated heterocycles. The van der Waals surface area contributed by atoms with Crippen LogP contribution in [0.4, 0.5) is 0 Å². The molecule has 2 aromatic rings. The van der Waals surface area contributed by atoms with E-state index in [1.807, 2.05) is 23.9 Å². The third-order valence-corrected chi connectivity index (χ3v) is 4.06. The third kappa shape index (κ3) is 4.00. The highest BCUT2D eigenvalue weighted by Gasteiger charge is 2.15. The average molecular weight is 320 g/mol. The molecule has 22 heavy (non-hydrogen) atoms. The van der Waals surface area contributed by atoms with Gasteiger partial charge < -0.3 is 13.9 Å². The second-order valence-corrected chi connectivity index (χ2v) is 5.62. The van der Waals surface area contributed by atoms with E-state index in [0.29, 0.717) is 24.7 Å². The molecule has 0 saturated carbocycles. The lowest BCUT2D eigenvalue weighted by Gasteiger charge is -2.08. The predicted molar refractivity (Wildman–Crippen MR) is 85.8 cm³/mol. The number of allylic oxidation sites excluding steroid dienone is 1. The second-order valence-electron chi connectivity index (χ2n) is 4.68. The number of ether oxygens (including phenoxy) is 1. The Morgan fingerprint density at radius 2 is 2.32 bits per heavy atom. The van der Waals surface area contributed by atoms with Gasteiger partial charge in [0.1, 0.15) is 5.82 Å². The van der Waals surface area contributed by atoms with E-state index in [9.17, 15) is 4.79 Å². The molecule has 6 nitrogen and oxygen atoms in total. The highest BCUT2D eigenvalue weighted by molar-refractivity contribution is 7.99. The van der Waals surface area contributed by atoms with Crippen LogP contribution in [0.1, 0.15) is 18.4 Å². The van der Waals surface area contributed by atoms with Gasteiger partial charge in [-0.1, -0.05) is 17.8 Å².